The van der Waals surface area contributed by atoms with E-state index in [1.54, 1.807) is 0 Å². The maximum absolute atomic E-state index is 13.0. The molecule has 1 aliphatic heterocycles. The van der Waals surface area contributed by atoms with Crippen LogP contribution in [-0.2, 0) is 9.53 Å². The average molecular weight is 396 g/mol. The molecule has 1 N–H and O–H groups in total. The number of rotatable bonds is 5. The predicted octanol–water partition coefficient (Wildman–Crippen LogP) is 5.66. The molecule has 1 amide bonds. The van der Waals surface area contributed by atoms with Gasteiger partial charge in [-0.2, -0.15) is 0 Å². The molecule has 4 fully saturated rings. The lowest BCUT2D eigenvalue weighted by molar-refractivity contribution is -0.137. The Morgan fingerprint density at radius 1 is 1.17 bits per heavy atom. The van der Waals surface area contributed by atoms with Crippen molar-refractivity contribution >= 4 is 5.91 Å². The second-order valence-corrected chi connectivity index (χ2v) is 10.9. The Balaban J connectivity index is 1.35. The minimum Gasteiger partial charge on any atom is -0.373 e. The number of ether oxygens (including phenoxy) is 1. The van der Waals surface area contributed by atoms with E-state index in [9.17, 15) is 4.79 Å². The van der Waals surface area contributed by atoms with Crippen LogP contribution in [0.25, 0.3) is 0 Å². The van der Waals surface area contributed by atoms with Gasteiger partial charge in [-0.1, -0.05) is 69.9 Å². The summed E-state index contributed by atoms with van der Waals surface area (Å²) in [7, 11) is 0. The van der Waals surface area contributed by atoms with E-state index in [0.29, 0.717) is 24.2 Å². The lowest BCUT2D eigenvalue weighted by atomic mass is 9.59. The van der Waals surface area contributed by atoms with E-state index in [-0.39, 0.29) is 23.0 Å². The van der Waals surface area contributed by atoms with Crippen LogP contribution in [0.1, 0.15) is 83.3 Å². The first-order chi connectivity index (χ1) is 14.0. The smallest absolute Gasteiger partial charge is 0.220 e. The Kier molecular flexibility index (Phi) is 5.01. The van der Waals surface area contributed by atoms with Crippen molar-refractivity contribution in [2.45, 2.75) is 83.8 Å². The van der Waals surface area contributed by atoms with Crippen molar-refractivity contribution in [3.05, 3.63) is 35.9 Å². The number of nitrogens with one attached hydrogen (secondary N) is 1. The standard InChI is InChI=1S/C26H37NO2/c1-25(2)20-16-21-23(19-10-4-3-5-11-19)29-15-14-26(21,17-20)24(25)27-22(28)13-12-18-8-6-7-9-18/h3-5,10-11,18,20-21,23-24H,6-9,12-17H2,1-2H3,(H,27,28)/t20-,21-,23-,24+,26?/m1/s1. The molecule has 1 heterocycles. The van der Waals surface area contributed by atoms with Gasteiger partial charge in [-0.15, -0.1) is 0 Å². The molecule has 1 spiro atoms. The summed E-state index contributed by atoms with van der Waals surface area (Å²) in [6.07, 6.45) is 10.9. The van der Waals surface area contributed by atoms with Crippen LogP contribution in [0.3, 0.4) is 0 Å². The molecule has 5 atom stereocenters. The van der Waals surface area contributed by atoms with Crippen molar-refractivity contribution in [1.82, 2.24) is 5.32 Å². The second kappa shape index (κ2) is 7.41. The summed E-state index contributed by atoms with van der Waals surface area (Å²) in [6, 6.07) is 11.1. The summed E-state index contributed by atoms with van der Waals surface area (Å²) < 4.78 is 6.35. The molecule has 1 unspecified atom stereocenters. The quantitative estimate of drug-likeness (QED) is 0.699. The maximum atomic E-state index is 13.0. The van der Waals surface area contributed by atoms with Gasteiger partial charge in [-0.3, -0.25) is 4.79 Å². The second-order valence-electron chi connectivity index (χ2n) is 10.9. The molecule has 5 rings (SSSR count). The molecule has 4 aliphatic rings. The highest BCUT2D eigenvalue weighted by Crippen LogP contribution is 2.70. The van der Waals surface area contributed by atoms with Crippen molar-refractivity contribution in [3.8, 4) is 0 Å². The fourth-order valence-electron chi connectivity index (χ4n) is 7.63. The van der Waals surface area contributed by atoms with Crippen LogP contribution in [0.5, 0.6) is 0 Å². The van der Waals surface area contributed by atoms with Gasteiger partial charge in [0, 0.05) is 19.1 Å². The fourth-order valence-corrected chi connectivity index (χ4v) is 7.63. The Morgan fingerprint density at radius 3 is 2.69 bits per heavy atom. The third kappa shape index (κ3) is 3.24. The summed E-state index contributed by atoms with van der Waals surface area (Å²) in [5, 5.41) is 3.59. The lowest BCUT2D eigenvalue weighted by Gasteiger charge is -2.53. The Labute approximate surface area is 176 Å². The van der Waals surface area contributed by atoms with Crippen LogP contribution in [-0.4, -0.2) is 18.6 Å². The normalized spacial score (nSPS) is 38.1. The lowest BCUT2D eigenvalue weighted by Crippen LogP contribution is -2.58. The molecule has 3 aliphatic carbocycles. The minimum atomic E-state index is 0.179. The largest absolute Gasteiger partial charge is 0.373 e. The van der Waals surface area contributed by atoms with Gasteiger partial charge in [0.25, 0.3) is 0 Å². The summed E-state index contributed by atoms with van der Waals surface area (Å²) in [5.74, 6) is 2.28. The minimum absolute atomic E-state index is 0.179. The van der Waals surface area contributed by atoms with Crippen molar-refractivity contribution in [1.29, 1.82) is 0 Å². The molecule has 1 saturated heterocycles. The Morgan fingerprint density at radius 2 is 1.93 bits per heavy atom. The number of carbonyl (C=O) groups is 1. The number of hydrogen-bond acceptors (Lipinski definition) is 2. The van der Waals surface area contributed by atoms with Crippen LogP contribution in [0.4, 0.5) is 0 Å². The molecule has 3 nitrogen and oxygen atoms in total. The van der Waals surface area contributed by atoms with Gasteiger partial charge in [0.2, 0.25) is 5.91 Å². The first kappa shape index (κ1) is 19.6. The summed E-state index contributed by atoms with van der Waals surface area (Å²) >= 11 is 0. The number of fused-ring (bicyclic) bond motifs is 1. The highest BCUT2D eigenvalue weighted by Gasteiger charge is 2.68. The third-order valence-corrected chi connectivity index (χ3v) is 9.19. The zero-order valence-electron chi connectivity index (χ0n) is 18.2. The van der Waals surface area contributed by atoms with E-state index in [1.165, 1.54) is 44.1 Å². The first-order valence-corrected chi connectivity index (χ1v) is 12.0. The van der Waals surface area contributed by atoms with E-state index in [2.05, 4.69) is 49.5 Å². The van der Waals surface area contributed by atoms with E-state index in [1.807, 2.05) is 0 Å². The highest BCUT2D eigenvalue weighted by atomic mass is 16.5. The molecule has 2 bridgehead atoms. The maximum Gasteiger partial charge on any atom is 0.220 e. The van der Waals surface area contributed by atoms with Crippen LogP contribution in [0, 0.1) is 28.6 Å². The zero-order chi connectivity index (χ0) is 20.1. The molecular formula is C26H37NO2. The fraction of sp³-hybridized carbons (Fsp3) is 0.731. The molecule has 3 saturated carbocycles. The third-order valence-electron chi connectivity index (χ3n) is 9.19. The van der Waals surface area contributed by atoms with Crippen LogP contribution in [0.15, 0.2) is 30.3 Å². The van der Waals surface area contributed by atoms with Gasteiger partial charge < -0.3 is 10.1 Å². The van der Waals surface area contributed by atoms with Gasteiger partial charge in [0.1, 0.15) is 0 Å². The molecule has 1 aromatic rings. The van der Waals surface area contributed by atoms with Crippen molar-refractivity contribution in [3.63, 3.8) is 0 Å². The van der Waals surface area contributed by atoms with Crippen molar-refractivity contribution in [2.75, 3.05) is 6.61 Å². The summed E-state index contributed by atoms with van der Waals surface area (Å²) in [6.45, 7) is 5.61. The van der Waals surface area contributed by atoms with Crippen molar-refractivity contribution in [2.24, 2.45) is 28.6 Å². The van der Waals surface area contributed by atoms with E-state index in [0.717, 1.165) is 25.4 Å². The number of amides is 1. The molecule has 1 aromatic carbocycles. The SMILES string of the molecule is CC1(C)[C@@H]2C[C@@H]3[C@@H](c4ccccc4)OCCC3(C2)[C@H]1NC(=O)CCC1CCCC1. The monoisotopic (exact) mass is 395 g/mol. The van der Waals surface area contributed by atoms with Crippen LogP contribution >= 0.6 is 0 Å². The molecular weight excluding hydrogens is 358 g/mol. The van der Waals surface area contributed by atoms with Crippen LogP contribution < -0.4 is 5.32 Å². The van der Waals surface area contributed by atoms with Gasteiger partial charge in [0.05, 0.1) is 6.10 Å². The van der Waals surface area contributed by atoms with Gasteiger partial charge >= 0.3 is 0 Å². The van der Waals surface area contributed by atoms with E-state index < -0.39 is 0 Å². The van der Waals surface area contributed by atoms with E-state index in [4.69, 9.17) is 4.74 Å². The van der Waals surface area contributed by atoms with Gasteiger partial charge in [-0.25, -0.2) is 0 Å². The predicted molar refractivity (Wildman–Crippen MR) is 115 cm³/mol. The molecule has 29 heavy (non-hydrogen) atoms. The average Bonchev–Trinajstić information content (AvgIpc) is 3.42. The number of carbonyl (C=O) groups excluding carboxylic acids is 1. The molecule has 0 radical (unpaired) electrons. The summed E-state index contributed by atoms with van der Waals surface area (Å²) in [5.41, 5.74) is 1.70. The zero-order valence-corrected chi connectivity index (χ0v) is 18.2. The first-order valence-electron chi connectivity index (χ1n) is 12.0. The topological polar surface area (TPSA) is 38.3 Å². The number of hydrogen-bond donors (Lipinski definition) is 1. The Hall–Kier alpha value is -1.35. The highest BCUT2D eigenvalue weighted by molar-refractivity contribution is 5.76. The Bertz CT molecular complexity index is 738. The van der Waals surface area contributed by atoms with E-state index >= 15 is 0 Å². The summed E-state index contributed by atoms with van der Waals surface area (Å²) in [4.78, 5) is 13.0. The molecule has 158 valence electrons. The molecule has 0 aromatic heterocycles. The van der Waals surface area contributed by atoms with Gasteiger partial charge in [0.15, 0.2) is 0 Å². The number of benzene rings is 1. The van der Waals surface area contributed by atoms with Crippen LogP contribution in [0.2, 0.25) is 0 Å². The van der Waals surface area contributed by atoms with Crippen molar-refractivity contribution < 1.29 is 9.53 Å². The molecule has 3 heteroatoms. The van der Waals surface area contributed by atoms with Gasteiger partial charge in [-0.05, 0) is 59.8 Å².